The summed E-state index contributed by atoms with van der Waals surface area (Å²) in [6.45, 7) is 8.12. The molecule has 4 aromatic rings. The number of aryl methyl sites for hydroxylation is 3. The van der Waals surface area contributed by atoms with Crippen LogP contribution in [0.15, 0.2) is 65.2 Å². The number of para-hydroxylation sites is 2. The number of allylic oxidation sites excluding steroid dienone is 1. The lowest BCUT2D eigenvalue weighted by atomic mass is 9.98. The Hall–Kier alpha value is -3.91. The van der Waals surface area contributed by atoms with E-state index in [2.05, 4.69) is 49.6 Å². The molecule has 0 spiro atoms. The molecule has 8 heteroatoms. The summed E-state index contributed by atoms with van der Waals surface area (Å²) in [6.07, 6.45) is 0. The van der Waals surface area contributed by atoms with E-state index in [4.69, 9.17) is 14.8 Å². The van der Waals surface area contributed by atoms with Crippen LogP contribution < -0.4 is 15.4 Å². The number of nitrogens with one attached hydrogen (secondary N) is 2. The van der Waals surface area contributed by atoms with Crippen molar-refractivity contribution in [2.24, 2.45) is 0 Å². The van der Waals surface area contributed by atoms with Gasteiger partial charge in [-0.05, 0) is 74.0 Å². The predicted octanol–water partition coefficient (Wildman–Crippen LogP) is 5.87. The van der Waals surface area contributed by atoms with Gasteiger partial charge in [-0.3, -0.25) is 4.79 Å². The highest BCUT2D eigenvalue weighted by molar-refractivity contribution is 7.10. The lowest BCUT2D eigenvalue weighted by Crippen LogP contribution is -2.31. The summed E-state index contributed by atoms with van der Waals surface area (Å²) in [7, 11) is 1.59. The number of aromatic nitrogens is 3. The molecule has 1 aliphatic heterocycles. The highest BCUT2D eigenvalue weighted by Crippen LogP contribution is 2.40. The van der Waals surface area contributed by atoms with Crippen molar-refractivity contribution in [1.29, 1.82) is 0 Å². The first-order valence-electron chi connectivity index (χ1n) is 11.4. The number of carbonyl (C=O) groups excluding carboxylic acids is 1. The Balaban J connectivity index is 1.60. The molecule has 178 valence electrons. The van der Waals surface area contributed by atoms with Gasteiger partial charge in [0.15, 0.2) is 5.82 Å². The Morgan fingerprint density at radius 2 is 1.86 bits per heavy atom. The average Bonchev–Trinajstić information content (AvgIpc) is 3.46. The summed E-state index contributed by atoms with van der Waals surface area (Å²) in [6, 6.07) is 15.2. The molecule has 35 heavy (non-hydrogen) atoms. The van der Waals surface area contributed by atoms with Crippen LogP contribution in [0.5, 0.6) is 5.75 Å². The molecule has 1 atom stereocenters. The van der Waals surface area contributed by atoms with Crippen molar-refractivity contribution < 1.29 is 9.53 Å². The number of rotatable bonds is 5. The van der Waals surface area contributed by atoms with E-state index in [1.54, 1.807) is 18.4 Å². The van der Waals surface area contributed by atoms with Gasteiger partial charge in [0.05, 0.1) is 18.4 Å². The smallest absolute Gasteiger partial charge is 0.256 e. The Morgan fingerprint density at radius 3 is 2.57 bits per heavy atom. The zero-order chi connectivity index (χ0) is 24.7. The van der Waals surface area contributed by atoms with Gasteiger partial charge >= 0.3 is 0 Å². The van der Waals surface area contributed by atoms with Crippen LogP contribution in [-0.4, -0.2) is 27.8 Å². The Morgan fingerprint density at radius 1 is 1.06 bits per heavy atom. The number of ether oxygens (including phenoxy) is 1. The SMILES string of the molecule is COc1ccccc1NC(=O)C1=C(C)Nc2nc(-c3ccc(C)c(C)c3)nn2C1c1sccc1C. The van der Waals surface area contributed by atoms with Crippen molar-refractivity contribution in [2.75, 3.05) is 17.7 Å². The molecule has 0 aliphatic carbocycles. The summed E-state index contributed by atoms with van der Waals surface area (Å²) in [5.74, 6) is 1.62. The lowest BCUT2D eigenvalue weighted by Gasteiger charge is -2.28. The van der Waals surface area contributed by atoms with Crippen LogP contribution in [0, 0.1) is 20.8 Å². The van der Waals surface area contributed by atoms with Gasteiger partial charge in [-0.2, -0.15) is 4.98 Å². The van der Waals surface area contributed by atoms with Gasteiger partial charge in [0.1, 0.15) is 11.8 Å². The molecular weight excluding hydrogens is 458 g/mol. The third-order valence-electron chi connectivity index (χ3n) is 6.37. The number of anilines is 2. The molecule has 7 nitrogen and oxygen atoms in total. The van der Waals surface area contributed by atoms with Gasteiger partial charge in [-0.15, -0.1) is 16.4 Å². The number of fused-ring (bicyclic) bond motifs is 1. The zero-order valence-corrected chi connectivity index (χ0v) is 21.2. The van der Waals surface area contributed by atoms with Gasteiger partial charge in [0.25, 0.3) is 5.91 Å². The molecule has 0 saturated carbocycles. The van der Waals surface area contributed by atoms with Crippen molar-refractivity contribution >= 4 is 28.9 Å². The monoisotopic (exact) mass is 485 g/mol. The molecule has 2 aromatic heterocycles. The second-order valence-electron chi connectivity index (χ2n) is 8.69. The second kappa shape index (κ2) is 9.03. The number of amides is 1. The van der Waals surface area contributed by atoms with E-state index >= 15 is 0 Å². The Bertz CT molecular complexity index is 1470. The number of thiophene rings is 1. The summed E-state index contributed by atoms with van der Waals surface area (Å²) in [5, 5.41) is 13.3. The standard InChI is InChI=1S/C27H27N5O2S/c1-15-10-11-19(14-17(15)3)25-30-27-28-18(4)22(23(32(27)31-25)24-16(2)12-13-35-24)26(33)29-20-8-6-7-9-21(20)34-5/h6-14,23H,1-5H3,(H,29,33)(H,28,30,31). The summed E-state index contributed by atoms with van der Waals surface area (Å²) in [5.41, 5.74) is 6.38. The molecule has 0 fully saturated rings. The molecule has 0 radical (unpaired) electrons. The van der Waals surface area contributed by atoms with E-state index in [9.17, 15) is 4.79 Å². The highest BCUT2D eigenvalue weighted by Gasteiger charge is 2.36. The van der Waals surface area contributed by atoms with Crippen molar-refractivity contribution in [3.63, 3.8) is 0 Å². The molecule has 2 aromatic carbocycles. The third kappa shape index (κ3) is 4.10. The van der Waals surface area contributed by atoms with Crippen LogP contribution in [0.1, 0.15) is 34.5 Å². The Labute approximate surface area is 208 Å². The quantitative estimate of drug-likeness (QED) is 0.370. The van der Waals surface area contributed by atoms with E-state index in [1.165, 1.54) is 11.1 Å². The van der Waals surface area contributed by atoms with Crippen LogP contribution in [0.4, 0.5) is 11.6 Å². The fourth-order valence-electron chi connectivity index (χ4n) is 4.29. The lowest BCUT2D eigenvalue weighted by molar-refractivity contribution is -0.113. The number of hydrogen-bond acceptors (Lipinski definition) is 6. The van der Waals surface area contributed by atoms with E-state index in [0.29, 0.717) is 28.8 Å². The van der Waals surface area contributed by atoms with Crippen LogP contribution >= 0.6 is 11.3 Å². The van der Waals surface area contributed by atoms with Crippen molar-refractivity contribution in [3.8, 4) is 17.1 Å². The van der Waals surface area contributed by atoms with Gasteiger partial charge < -0.3 is 15.4 Å². The molecular formula is C27H27N5O2S. The van der Waals surface area contributed by atoms with Crippen molar-refractivity contribution in [3.05, 3.63) is 86.7 Å². The minimum Gasteiger partial charge on any atom is -0.495 e. The molecule has 1 unspecified atom stereocenters. The first-order valence-corrected chi connectivity index (χ1v) is 12.3. The molecule has 0 bridgehead atoms. The van der Waals surface area contributed by atoms with Gasteiger partial charge in [0.2, 0.25) is 5.95 Å². The van der Waals surface area contributed by atoms with Gasteiger partial charge in [-0.1, -0.05) is 24.3 Å². The maximum atomic E-state index is 13.7. The first-order chi connectivity index (χ1) is 16.9. The number of nitrogens with zero attached hydrogens (tertiary/aromatic N) is 3. The number of hydrogen-bond donors (Lipinski definition) is 2. The van der Waals surface area contributed by atoms with Crippen molar-refractivity contribution in [1.82, 2.24) is 14.8 Å². The number of benzene rings is 2. The third-order valence-corrected chi connectivity index (χ3v) is 7.44. The normalized spacial score (nSPS) is 14.9. The number of methoxy groups -OCH3 is 1. The molecule has 5 rings (SSSR count). The summed E-state index contributed by atoms with van der Waals surface area (Å²) < 4.78 is 7.26. The zero-order valence-electron chi connectivity index (χ0n) is 20.3. The van der Waals surface area contributed by atoms with Crippen LogP contribution in [0.2, 0.25) is 0 Å². The van der Waals surface area contributed by atoms with Crippen LogP contribution in [-0.2, 0) is 4.79 Å². The largest absolute Gasteiger partial charge is 0.495 e. The van der Waals surface area contributed by atoms with Gasteiger partial charge in [-0.25, -0.2) is 4.68 Å². The average molecular weight is 486 g/mol. The molecule has 1 amide bonds. The van der Waals surface area contributed by atoms with E-state index in [0.717, 1.165) is 21.7 Å². The molecule has 3 heterocycles. The van der Waals surface area contributed by atoms with Gasteiger partial charge in [0, 0.05) is 16.1 Å². The van der Waals surface area contributed by atoms with Crippen molar-refractivity contribution in [2.45, 2.75) is 33.7 Å². The molecule has 2 N–H and O–H groups in total. The summed E-state index contributed by atoms with van der Waals surface area (Å²) >= 11 is 1.61. The first kappa shape index (κ1) is 22.9. The fraction of sp³-hybridized carbons (Fsp3) is 0.222. The van der Waals surface area contributed by atoms with Crippen LogP contribution in [0.3, 0.4) is 0 Å². The van der Waals surface area contributed by atoms with E-state index in [-0.39, 0.29) is 5.91 Å². The number of carbonyl (C=O) groups is 1. The second-order valence-corrected chi connectivity index (χ2v) is 9.64. The topological polar surface area (TPSA) is 81.1 Å². The Kier molecular flexibility index (Phi) is 5.90. The summed E-state index contributed by atoms with van der Waals surface area (Å²) in [4.78, 5) is 19.6. The molecule has 0 saturated heterocycles. The fourth-order valence-corrected chi connectivity index (χ4v) is 5.31. The van der Waals surface area contributed by atoms with E-state index < -0.39 is 6.04 Å². The van der Waals surface area contributed by atoms with Crippen LogP contribution in [0.25, 0.3) is 11.4 Å². The minimum atomic E-state index is -0.409. The van der Waals surface area contributed by atoms with E-state index in [1.807, 2.05) is 47.3 Å². The molecule has 1 aliphatic rings. The minimum absolute atomic E-state index is 0.216. The maximum absolute atomic E-state index is 13.7. The predicted molar refractivity (Wildman–Crippen MR) is 140 cm³/mol. The highest BCUT2D eigenvalue weighted by atomic mass is 32.1. The maximum Gasteiger partial charge on any atom is 0.256 e.